The van der Waals surface area contributed by atoms with Crippen molar-refractivity contribution in [2.24, 2.45) is 0 Å². The van der Waals surface area contributed by atoms with E-state index in [1.165, 1.54) is 12.1 Å². The number of amides is 1. The highest BCUT2D eigenvalue weighted by atomic mass is 79.9. The third-order valence-electron chi connectivity index (χ3n) is 2.09. The molecule has 5 heteroatoms. The van der Waals surface area contributed by atoms with Crippen LogP contribution in [-0.2, 0) is 0 Å². The number of anilines is 1. The van der Waals surface area contributed by atoms with E-state index in [0.717, 1.165) is 4.47 Å². The molecule has 86 valence electrons. The maximum Gasteiger partial charge on any atom is 0.256 e. The van der Waals surface area contributed by atoms with Crippen molar-refractivity contribution in [1.82, 2.24) is 4.98 Å². The molecule has 17 heavy (non-hydrogen) atoms. The number of phenolic OH excluding ortho intramolecular Hbond substituents is 1. The molecule has 0 fully saturated rings. The predicted octanol–water partition coefficient (Wildman–Crippen LogP) is 2.80. The molecular weight excluding hydrogens is 284 g/mol. The lowest BCUT2D eigenvalue weighted by Gasteiger charge is -2.04. The van der Waals surface area contributed by atoms with Gasteiger partial charge in [-0.15, -0.1) is 0 Å². The summed E-state index contributed by atoms with van der Waals surface area (Å²) < 4.78 is 0.841. The minimum Gasteiger partial charge on any atom is -0.508 e. The fourth-order valence-corrected chi connectivity index (χ4v) is 1.61. The predicted molar refractivity (Wildman–Crippen MR) is 68.0 cm³/mol. The molecule has 1 aromatic heterocycles. The highest BCUT2D eigenvalue weighted by Gasteiger charge is 2.06. The Kier molecular flexibility index (Phi) is 3.39. The van der Waals surface area contributed by atoms with Gasteiger partial charge >= 0.3 is 0 Å². The van der Waals surface area contributed by atoms with Crippen LogP contribution < -0.4 is 5.32 Å². The maximum atomic E-state index is 11.8. The van der Waals surface area contributed by atoms with E-state index < -0.39 is 0 Å². The zero-order valence-corrected chi connectivity index (χ0v) is 10.3. The number of aromatic nitrogens is 1. The third kappa shape index (κ3) is 3.04. The number of aromatic hydroxyl groups is 1. The van der Waals surface area contributed by atoms with Crippen LogP contribution in [0.2, 0.25) is 0 Å². The lowest BCUT2D eigenvalue weighted by molar-refractivity contribution is 0.102. The zero-order valence-electron chi connectivity index (χ0n) is 8.72. The molecule has 0 saturated carbocycles. The summed E-state index contributed by atoms with van der Waals surface area (Å²) in [7, 11) is 0. The van der Waals surface area contributed by atoms with Crippen molar-refractivity contribution in [2.75, 3.05) is 5.32 Å². The summed E-state index contributed by atoms with van der Waals surface area (Å²) in [5, 5.41) is 11.8. The van der Waals surface area contributed by atoms with E-state index in [9.17, 15) is 4.79 Å². The summed E-state index contributed by atoms with van der Waals surface area (Å²) >= 11 is 3.29. The Balaban J connectivity index is 2.14. The normalized spacial score (nSPS) is 9.94. The van der Waals surface area contributed by atoms with Crippen LogP contribution in [0, 0.1) is 0 Å². The second-order valence-corrected chi connectivity index (χ2v) is 4.28. The zero-order chi connectivity index (χ0) is 12.3. The molecule has 2 rings (SSSR count). The summed E-state index contributed by atoms with van der Waals surface area (Å²) in [6.45, 7) is 0. The van der Waals surface area contributed by atoms with Gasteiger partial charge < -0.3 is 10.4 Å². The molecule has 1 aromatic carbocycles. The van der Waals surface area contributed by atoms with Crippen molar-refractivity contribution in [3.8, 4) is 5.75 Å². The van der Waals surface area contributed by atoms with E-state index in [2.05, 4.69) is 26.2 Å². The van der Waals surface area contributed by atoms with Gasteiger partial charge in [0.15, 0.2) is 0 Å². The molecule has 1 heterocycles. The Morgan fingerprint density at radius 3 is 2.59 bits per heavy atom. The first-order valence-corrected chi connectivity index (χ1v) is 5.66. The van der Waals surface area contributed by atoms with Gasteiger partial charge in [0.2, 0.25) is 0 Å². The van der Waals surface area contributed by atoms with Gasteiger partial charge in [-0.1, -0.05) is 15.9 Å². The second-order valence-electron chi connectivity index (χ2n) is 3.36. The molecule has 0 aliphatic heterocycles. The summed E-state index contributed by atoms with van der Waals surface area (Å²) in [5.41, 5.74) is 0.463. The fourth-order valence-electron chi connectivity index (χ4n) is 1.27. The van der Waals surface area contributed by atoms with E-state index in [1.807, 2.05) is 0 Å². The topological polar surface area (TPSA) is 62.2 Å². The highest BCUT2D eigenvalue weighted by Crippen LogP contribution is 2.15. The maximum absolute atomic E-state index is 11.8. The first-order chi connectivity index (χ1) is 8.15. The fraction of sp³-hybridized carbons (Fsp3) is 0. The van der Waals surface area contributed by atoms with Gasteiger partial charge in [0.25, 0.3) is 5.91 Å². The average Bonchev–Trinajstić information content (AvgIpc) is 2.29. The molecule has 0 radical (unpaired) electrons. The van der Waals surface area contributed by atoms with E-state index in [0.29, 0.717) is 11.4 Å². The van der Waals surface area contributed by atoms with E-state index in [-0.39, 0.29) is 11.7 Å². The van der Waals surface area contributed by atoms with E-state index in [4.69, 9.17) is 5.11 Å². The van der Waals surface area contributed by atoms with Crippen LogP contribution in [0.25, 0.3) is 0 Å². The van der Waals surface area contributed by atoms with Gasteiger partial charge in [-0.3, -0.25) is 4.79 Å². The molecule has 0 unspecified atom stereocenters. The van der Waals surface area contributed by atoms with Crippen LogP contribution in [0.4, 0.5) is 5.82 Å². The van der Waals surface area contributed by atoms with Gasteiger partial charge in [-0.05, 0) is 36.4 Å². The first kappa shape index (κ1) is 11.6. The lowest BCUT2D eigenvalue weighted by Crippen LogP contribution is -2.12. The third-order valence-corrected chi connectivity index (χ3v) is 2.59. The number of nitrogens with one attached hydrogen (secondary N) is 1. The van der Waals surface area contributed by atoms with Gasteiger partial charge in [0.05, 0.1) is 0 Å². The molecule has 4 nitrogen and oxygen atoms in total. The molecule has 1 amide bonds. The SMILES string of the molecule is O=C(Nc1cc(Br)ccn1)c1ccc(O)cc1. The number of hydrogen-bond acceptors (Lipinski definition) is 3. The number of phenols is 1. The minimum absolute atomic E-state index is 0.127. The molecule has 0 spiro atoms. The van der Waals surface area contributed by atoms with Crippen molar-refractivity contribution in [3.05, 3.63) is 52.6 Å². The standard InChI is InChI=1S/C12H9BrN2O2/c13-9-5-6-14-11(7-9)15-12(17)8-1-3-10(16)4-2-8/h1-7,16H,(H,14,15,17). The molecule has 0 saturated heterocycles. The number of nitrogens with zero attached hydrogens (tertiary/aromatic N) is 1. The molecule has 0 aliphatic rings. The number of rotatable bonds is 2. The van der Waals surface area contributed by atoms with E-state index in [1.54, 1.807) is 30.5 Å². The Morgan fingerprint density at radius 1 is 1.24 bits per heavy atom. The number of halogens is 1. The largest absolute Gasteiger partial charge is 0.508 e. The van der Waals surface area contributed by atoms with Gasteiger partial charge in [-0.2, -0.15) is 0 Å². The Labute approximate surface area is 106 Å². The van der Waals surface area contributed by atoms with Crippen LogP contribution in [-0.4, -0.2) is 16.0 Å². The average molecular weight is 293 g/mol. The Hall–Kier alpha value is -1.88. The summed E-state index contributed by atoms with van der Waals surface area (Å²) in [5.74, 6) is 0.329. The lowest BCUT2D eigenvalue weighted by atomic mass is 10.2. The van der Waals surface area contributed by atoms with Crippen LogP contribution in [0.3, 0.4) is 0 Å². The summed E-state index contributed by atoms with van der Waals surface area (Å²) in [6.07, 6.45) is 1.59. The molecule has 0 aliphatic carbocycles. The highest BCUT2D eigenvalue weighted by molar-refractivity contribution is 9.10. The van der Waals surface area contributed by atoms with Crippen molar-refractivity contribution in [1.29, 1.82) is 0 Å². The number of hydrogen-bond donors (Lipinski definition) is 2. The monoisotopic (exact) mass is 292 g/mol. The summed E-state index contributed by atoms with van der Waals surface area (Å²) in [6, 6.07) is 9.49. The number of pyridine rings is 1. The molecule has 2 N–H and O–H groups in total. The number of carbonyl (C=O) groups excluding carboxylic acids is 1. The summed E-state index contributed by atoms with van der Waals surface area (Å²) in [4.78, 5) is 15.8. The number of carbonyl (C=O) groups is 1. The van der Waals surface area contributed by atoms with Crippen LogP contribution in [0.1, 0.15) is 10.4 Å². The van der Waals surface area contributed by atoms with Gasteiger partial charge in [-0.25, -0.2) is 4.98 Å². The Morgan fingerprint density at radius 2 is 1.94 bits per heavy atom. The molecule has 0 bridgehead atoms. The van der Waals surface area contributed by atoms with Crippen molar-refractivity contribution in [2.45, 2.75) is 0 Å². The van der Waals surface area contributed by atoms with E-state index >= 15 is 0 Å². The van der Waals surface area contributed by atoms with Gasteiger partial charge in [0, 0.05) is 16.2 Å². The second kappa shape index (κ2) is 4.97. The van der Waals surface area contributed by atoms with Crippen LogP contribution >= 0.6 is 15.9 Å². The van der Waals surface area contributed by atoms with Crippen molar-refractivity contribution >= 4 is 27.7 Å². The first-order valence-electron chi connectivity index (χ1n) is 4.87. The minimum atomic E-state index is -0.268. The molecule has 0 atom stereocenters. The Bertz CT molecular complexity index is 540. The number of benzene rings is 1. The van der Waals surface area contributed by atoms with Crippen molar-refractivity contribution in [3.63, 3.8) is 0 Å². The van der Waals surface area contributed by atoms with Crippen molar-refractivity contribution < 1.29 is 9.90 Å². The quantitative estimate of drug-likeness (QED) is 0.895. The smallest absolute Gasteiger partial charge is 0.256 e. The molecule has 2 aromatic rings. The van der Waals surface area contributed by atoms with Crippen LogP contribution in [0.5, 0.6) is 5.75 Å². The van der Waals surface area contributed by atoms with Gasteiger partial charge in [0.1, 0.15) is 11.6 Å². The molecular formula is C12H9BrN2O2. The van der Waals surface area contributed by atoms with Crippen LogP contribution in [0.15, 0.2) is 47.1 Å².